The van der Waals surface area contributed by atoms with E-state index in [0.29, 0.717) is 0 Å². The number of aryl methyl sites for hydroxylation is 1. The van der Waals surface area contributed by atoms with Gasteiger partial charge in [0.25, 0.3) is 0 Å². The summed E-state index contributed by atoms with van der Waals surface area (Å²) in [5, 5.41) is 4.12. The van der Waals surface area contributed by atoms with Crippen LogP contribution in [-0.2, 0) is 6.54 Å². The van der Waals surface area contributed by atoms with Crippen LogP contribution in [0.5, 0.6) is 0 Å². The number of piperidine rings is 2. The van der Waals surface area contributed by atoms with Crippen LogP contribution in [0.4, 0.5) is 0 Å². The van der Waals surface area contributed by atoms with E-state index in [4.69, 9.17) is 0 Å². The smallest absolute Gasteiger partial charge is 0.0769 e. The van der Waals surface area contributed by atoms with E-state index in [-0.39, 0.29) is 0 Å². The minimum Gasteiger partial charge on any atom is -0.301 e. The molecule has 0 radical (unpaired) electrons. The second-order valence-electron chi connectivity index (χ2n) is 6.48. The molecule has 20 heavy (non-hydrogen) atoms. The van der Waals surface area contributed by atoms with Crippen molar-refractivity contribution in [3.63, 3.8) is 0 Å². The molecule has 2 aliphatic heterocycles. The van der Waals surface area contributed by atoms with Crippen molar-refractivity contribution in [3.8, 4) is 0 Å². The average Bonchev–Trinajstić information content (AvgIpc) is 2.85. The zero-order chi connectivity index (χ0) is 13.9. The monoisotopic (exact) mass is 294 g/mol. The molecular weight excluding hydrogens is 268 g/mol. The molecule has 0 aliphatic carbocycles. The van der Waals surface area contributed by atoms with Crippen LogP contribution in [0.3, 0.4) is 0 Å². The highest BCUT2D eigenvalue weighted by Gasteiger charge is 2.33. The number of hydrogen-bond donors (Lipinski definition) is 0. The Labute approximate surface area is 126 Å². The number of rotatable bonds is 4. The zero-order valence-electron chi connectivity index (χ0n) is 12.7. The van der Waals surface area contributed by atoms with Crippen molar-refractivity contribution >= 4 is 11.5 Å². The molecule has 0 spiro atoms. The summed E-state index contributed by atoms with van der Waals surface area (Å²) in [6.45, 7) is 6.97. The molecule has 112 valence electrons. The highest BCUT2D eigenvalue weighted by Crippen LogP contribution is 2.31. The molecule has 4 nitrogen and oxygen atoms in total. The maximum absolute atomic E-state index is 4.12. The van der Waals surface area contributed by atoms with Crippen LogP contribution in [0.1, 0.15) is 42.7 Å². The molecule has 1 aromatic heterocycles. The topological polar surface area (TPSA) is 32.3 Å². The first-order valence-electron chi connectivity index (χ1n) is 7.94. The van der Waals surface area contributed by atoms with Gasteiger partial charge in [-0.15, -0.1) is 5.10 Å². The lowest BCUT2D eigenvalue weighted by molar-refractivity contribution is 0.0436. The van der Waals surface area contributed by atoms with Crippen molar-refractivity contribution in [1.82, 2.24) is 19.4 Å². The Morgan fingerprint density at radius 2 is 2.10 bits per heavy atom. The predicted octanol–water partition coefficient (Wildman–Crippen LogP) is 2.54. The Morgan fingerprint density at radius 1 is 1.25 bits per heavy atom. The molecule has 3 rings (SSSR count). The first kappa shape index (κ1) is 14.4. The summed E-state index contributed by atoms with van der Waals surface area (Å²) >= 11 is 1.55. The molecule has 1 aromatic rings. The highest BCUT2D eigenvalue weighted by molar-refractivity contribution is 7.05. The van der Waals surface area contributed by atoms with Gasteiger partial charge in [0.15, 0.2) is 0 Å². The third-order valence-electron chi connectivity index (χ3n) is 4.93. The van der Waals surface area contributed by atoms with Crippen LogP contribution >= 0.6 is 11.5 Å². The summed E-state index contributed by atoms with van der Waals surface area (Å²) in [5.41, 5.74) is 1.10. The van der Waals surface area contributed by atoms with Crippen molar-refractivity contribution in [3.05, 3.63) is 10.6 Å². The third-order valence-corrected chi connectivity index (χ3v) is 5.74. The van der Waals surface area contributed by atoms with Crippen LogP contribution in [0.25, 0.3) is 0 Å². The van der Waals surface area contributed by atoms with E-state index in [9.17, 15) is 0 Å². The van der Waals surface area contributed by atoms with E-state index >= 15 is 0 Å². The molecule has 0 saturated carbocycles. The number of aromatic nitrogens is 2. The molecular formula is C15H26N4S. The number of hydrogen-bond acceptors (Lipinski definition) is 5. The standard InChI is InChI=1S/C15H26N4S/c1-12-15(20-17-16-12)11-18(2)10-13-6-5-9-19-8-4-3-7-14(13)19/h13-14H,3-11H2,1-2H3/t13-,14+/m0/s1. The van der Waals surface area contributed by atoms with Gasteiger partial charge in [-0.2, -0.15) is 0 Å². The molecule has 0 bridgehead atoms. The summed E-state index contributed by atoms with van der Waals surface area (Å²) in [4.78, 5) is 6.56. The van der Waals surface area contributed by atoms with Crippen LogP contribution < -0.4 is 0 Å². The van der Waals surface area contributed by atoms with Gasteiger partial charge < -0.3 is 9.80 Å². The summed E-state index contributed by atoms with van der Waals surface area (Å²) in [6.07, 6.45) is 7.05. The van der Waals surface area contributed by atoms with E-state index in [0.717, 1.165) is 24.2 Å². The predicted molar refractivity (Wildman–Crippen MR) is 82.9 cm³/mol. The summed E-state index contributed by atoms with van der Waals surface area (Å²) in [5.74, 6) is 0.857. The van der Waals surface area contributed by atoms with E-state index in [1.54, 1.807) is 11.5 Å². The quantitative estimate of drug-likeness (QED) is 0.854. The maximum Gasteiger partial charge on any atom is 0.0769 e. The lowest BCUT2D eigenvalue weighted by atomic mass is 9.83. The normalized spacial score (nSPS) is 27.8. The van der Waals surface area contributed by atoms with Gasteiger partial charge in [-0.3, -0.25) is 0 Å². The molecule has 3 heterocycles. The van der Waals surface area contributed by atoms with Gasteiger partial charge >= 0.3 is 0 Å². The molecule has 2 saturated heterocycles. The number of fused-ring (bicyclic) bond motifs is 1. The molecule has 0 unspecified atom stereocenters. The molecule has 2 atom stereocenters. The zero-order valence-corrected chi connectivity index (χ0v) is 13.5. The molecule has 2 aliphatic rings. The Kier molecular flexibility index (Phi) is 4.68. The molecule has 2 fully saturated rings. The molecule has 5 heteroatoms. The van der Waals surface area contributed by atoms with Gasteiger partial charge in [0, 0.05) is 19.1 Å². The van der Waals surface area contributed by atoms with Gasteiger partial charge in [-0.05, 0) is 70.2 Å². The largest absolute Gasteiger partial charge is 0.301 e. The Bertz CT molecular complexity index is 431. The van der Waals surface area contributed by atoms with Gasteiger partial charge in [0.1, 0.15) is 0 Å². The van der Waals surface area contributed by atoms with Crippen LogP contribution in [0.15, 0.2) is 0 Å². The van der Waals surface area contributed by atoms with Gasteiger partial charge in [-0.25, -0.2) is 0 Å². The van der Waals surface area contributed by atoms with Crippen LogP contribution in [0, 0.1) is 12.8 Å². The number of nitrogens with zero attached hydrogens (tertiary/aromatic N) is 4. The van der Waals surface area contributed by atoms with Crippen molar-refractivity contribution < 1.29 is 0 Å². The average molecular weight is 294 g/mol. The molecule has 0 N–H and O–H groups in total. The Hall–Kier alpha value is -0.520. The Balaban J connectivity index is 1.57. The summed E-state index contributed by atoms with van der Waals surface area (Å²) < 4.78 is 4.04. The maximum atomic E-state index is 4.12. The van der Waals surface area contributed by atoms with Crippen molar-refractivity contribution in [2.45, 2.75) is 51.6 Å². The minimum atomic E-state index is 0.848. The molecule has 0 aromatic carbocycles. The van der Waals surface area contributed by atoms with E-state index in [1.165, 1.54) is 56.6 Å². The van der Waals surface area contributed by atoms with E-state index in [2.05, 4.69) is 33.4 Å². The van der Waals surface area contributed by atoms with Gasteiger partial charge in [0.2, 0.25) is 0 Å². The van der Waals surface area contributed by atoms with Gasteiger partial charge in [0.05, 0.1) is 10.6 Å². The van der Waals surface area contributed by atoms with E-state index < -0.39 is 0 Å². The molecule has 0 amide bonds. The SMILES string of the molecule is Cc1nnsc1CN(C)C[C@@H]1CCCN2CCCC[C@H]12. The van der Waals surface area contributed by atoms with Crippen molar-refractivity contribution in [1.29, 1.82) is 0 Å². The summed E-state index contributed by atoms with van der Waals surface area (Å²) in [6, 6.07) is 0.848. The summed E-state index contributed by atoms with van der Waals surface area (Å²) in [7, 11) is 2.25. The Morgan fingerprint density at radius 3 is 2.90 bits per heavy atom. The van der Waals surface area contributed by atoms with Crippen molar-refractivity contribution in [2.75, 3.05) is 26.7 Å². The highest BCUT2D eigenvalue weighted by atomic mass is 32.1. The third kappa shape index (κ3) is 3.21. The van der Waals surface area contributed by atoms with Crippen molar-refractivity contribution in [2.24, 2.45) is 5.92 Å². The fourth-order valence-corrected chi connectivity index (χ4v) is 4.61. The van der Waals surface area contributed by atoms with Gasteiger partial charge in [-0.1, -0.05) is 10.9 Å². The van der Waals surface area contributed by atoms with E-state index in [1.807, 2.05) is 0 Å². The van der Waals surface area contributed by atoms with Crippen LogP contribution in [-0.4, -0.2) is 52.1 Å². The lowest BCUT2D eigenvalue weighted by Crippen LogP contribution is -2.50. The second-order valence-corrected chi connectivity index (χ2v) is 7.32. The van der Waals surface area contributed by atoms with Crippen LogP contribution in [0.2, 0.25) is 0 Å². The fraction of sp³-hybridized carbons (Fsp3) is 0.867. The minimum absolute atomic E-state index is 0.848. The second kappa shape index (κ2) is 6.50. The first-order chi connectivity index (χ1) is 9.74. The first-order valence-corrected chi connectivity index (χ1v) is 8.72. The lowest BCUT2D eigenvalue weighted by Gasteiger charge is -2.45. The fourth-order valence-electron chi connectivity index (χ4n) is 3.90.